The molecule has 0 saturated carbocycles. The van der Waals surface area contributed by atoms with Crippen LogP contribution in [0.15, 0.2) is 0 Å². The highest BCUT2D eigenvalue weighted by molar-refractivity contribution is 4.72. The molecule has 0 aliphatic carbocycles. The topological polar surface area (TPSA) is 3.24 Å². The van der Waals surface area contributed by atoms with Crippen molar-refractivity contribution in [3.63, 3.8) is 0 Å². The second-order valence-corrected chi connectivity index (χ2v) is 4.32. The third-order valence-electron chi connectivity index (χ3n) is 2.63. The zero-order chi connectivity index (χ0) is 9.72. The van der Waals surface area contributed by atoms with Crippen molar-refractivity contribution in [3.05, 3.63) is 0 Å². The van der Waals surface area contributed by atoms with Gasteiger partial charge in [-0.3, -0.25) is 4.90 Å². The van der Waals surface area contributed by atoms with E-state index in [9.17, 15) is 0 Å². The van der Waals surface area contributed by atoms with Gasteiger partial charge in [0.05, 0.1) is 0 Å². The molecule has 0 saturated heterocycles. The summed E-state index contributed by atoms with van der Waals surface area (Å²) in [5.41, 5.74) is 0. The van der Waals surface area contributed by atoms with Crippen molar-refractivity contribution in [2.45, 2.75) is 60.0 Å². The molecule has 12 heavy (non-hydrogen) atoms. The Morgan fingerprint density at radius 2 is 1.50 bits per heavy atom. The van der Waals surface area contributed by atoms with E-state index < -0.39 is 0 Å². The van der Waals surface area contributed by atoms with E-state index in [0.29, 0.717) is 12.1 Å². The monoisotopic (exact) mass is 171 g/mol. The molecule has 0 spiro atoms. The normalized spacial score (nSPS) is 14.8. The van der Waals surface area contributed by atoms with Crippen LogP contribution < -0.4 is 0 Å². The summed E-state index contributed by atoms with van der Waals surface area (Å²) in [6.45, 7) is 15.0. The SMILES string of the molecule is CCCN(C(C)C)[C@@H](C)C(C)C. The maximum atomic E-state index is 2.59. The van der Waals surface area contributed by atoms with Crippen molar-refractivity contribution in [1.29, 1.82) is 0 Å². The predicted molar refractivity (Wildman–Crippen MR) is 56.4 cm³/mol. The standard InChI is InChI=1S/C11H25N/c1-7-8-12(10(4)5)11(6)9(2)3/h9-11H,7-8H2,1-6H3/t11-/m0/s1. The first-order chi connectivity index (χ1) is 5.50. The quantitative estimate of drug-likeness (QED) is 0.614. The van der Waals surface area contributed by atoms with E-state index in [-0.39, 0.29) is 0 Å². The van der Waals surface area contributed by atoms with Gasteiger partial charge in [-0.25, -0.2) is 0 Å². The molecule has 0 unspecified atom stereocenters. The van der Waals surface area contributed by atoms with Crippen LogP contribution in [0.2, 0.25) is 0 Å². The molecule has 1 heteroatoms. The van der Waals surface area contributed by atoms with Crippen molar-refractivity contribution in [2.24, 2.45) is 5.92 Å². The molecule has 0 N–H and O–H groups in total. The Hall–Kier alpha value is -0.0400. The van der Waals surface area contributed by atoms with Gasteiger partial charge in [0.25, 0.3) is 0 Å². The maximum absolute atomic E-state index is 2.59. The minimum Gasteiger partial charge on any atom is -0.298 e. The molecule has 0 aliphatic rings. The highest BCUT2D eigenvalue weighted by Gasteiger charge is 2.18. The van der Waals surface area contributed by atoms with Gasteiger partial charge in [0, 0.05) is 12.1 Å². The Morgan fingerprint density at radius 3 is 1.75 bits per heavy atom. The third-order valence-corrected chi connectivity index (χ3v) is 2.63. The lowest BCUT2D eigenvalue weighted by molar-refractivity contribution is 0.130. The van der Waals surface area contributed by atoms with E-state index in [1.54, 1.807) is 0 Å². The Kier molecular flexibility index (Phi) is 5.56. The van der Waals surface area contributed by atoms with E-state index >= 15 is 0 Å². The molecule has 0 radical (unpaired) electrons. The van der Waals surface area contributed by atoms with E-state index in [0.717, 1.165) is 5.92 Å². The fourth-order valence-electron chi connectivity index (χ4n) is 1.57. The molecule has 0 rings (SSSR count). The van der Waals surface area contributed by atoms with E-state index in [2.05, 4.69) is 46.4 Å². The smallest absolute Gasteiger partial charge is 0.00926 e. The lowest BCUT2D eigenvalue weighted by atomic mass is 10.0. The predicted octanol–water partition coefficient (Wildman–Crippen LogP) is 3.15. The van der Waals surface area contributed by atoms with Crippen molar-refractivity contribution in [2.75, 3.05) is 6.54 Å². The first-order valence-corrected chi connectivity index (χ1v) is 5.26. The number of hydrogen-bond acceptors (Lipinski definition) is 1. The lowest BCUT2D eigenvalue weighted by Gasteiger charge is -2.34. The van der Waals surface area contributed by atoms with Gasteiger partial charge in [0.15, 0.2) is 0 Å². The van der Waals surface area contributed by atoms with Crippen molar-refractivity contribution in [3.8, 4) is 0 Å². The second kappa shape index (κ2) is 5.58. The van der Waals surface area contributed by atoms with Crippen LogP contribution >= 0.6 is 0 Å². The molecule has 0 amide bonds. The summed E-state index contributed by atoms with van der Waals surface area (Å²) in [5.74, 6) is 0.763. The Labute approximate surface area is 78.1 Å². The number of hydrogen-bond donors (Lipinski definition) is 0. The van der Waals surface area contributed by atoms with Crippen molar-refractivity contribution >= 4 is 0 Å². The molecule has 0 aliphatic heterocycles. The molecule has 1 atom stereocenters. The molecule has 0 aromatic carbocycles. The molecule has 0 aromatic rings. The summed E-state index contributed by atoms with van der Waals surface area (Å²) < 4.78 is 0. The number of rotatable bonds is 5. The summed E-state index contributed by atoms with van der Waals surface area (Å²) in [4.78, 5) is 2.59. The van der Waals surface area contributed by atoms with Gasteiger partial charge in [-0.2, -0.15) is 0 Å². The fourth-order valence-corrected chi connectivity index (χ4v) is 1.57. The zero-order valence-corrected chi connectivity index (χ0v) is 9.59. The van der Waals surface area contributed by atoms with Crippen LogP contribution in [0.1, 0.15) is 48.0 Å². The molecule has 1 nitrogen and oxygen atoms in total. The molecule has 0 aromatic heterocycles. The Morgan fingerprint density at radius 1 is 1.00 bits per heavy atom. The summed E-state index contributed by atoms with van der Waals surface area (Å²) >= 11 is 0. The van der Waals surface area contributed by atoms with Crippen LogP contribution in [-0.2, 0) is 0 Å². The minimum atomic E-state index is 0.683. The Bertz CT molecular complexity index is 108. The summed E-state index contributed by atoms with van der Waals surface area (Å²) in [6.07, 6.45) is 1.26. The fraction of sp³-hybridized carbons (Fsp3) is 1.00. The van der Waals surface area contributed by atoms with E-state index in [4.69, 9.17) is 0 Å². The van der Waals surface area contributed by atoms with E-state index in [1.165, 1.54) is 13.0 Å². The highest BCUT2D eigenvalue weighted by Crippen LogP contribution is 2.13. The molecule has 74 valence electrons. The maximum Gasteiger partial charge on any atom is 0.00926 e. The van der Waals surface area contributed by atoms with Gasteiger partial charge in [-0.1, -0.05) is 20.8 Å². The average Bonchev–Trinajstić information content (AvgIpc) is 1.98. The number of nitrogens with zero attached hydrogens (tertiary/aromatic N) is 1. The van der Waals surface area contributed by atoms with Gasteiger partial charge in [0.1, 0.15) is 0 Å². The largest absolute Gasteiger partial charge is 0.298 e. The molecule has 0 heterocycles. The second-order valence-electron chi connectivity index (χ2n) is 4.32. The van der Waals surface area contributed by atoms with Gasteiger partial charge in [-0.05, 0) is 39.7 Å². The van der Waals surface area contributed by atoms with Crippen LogP contribution in [0.4, 0.5) is 0 Å². The van der Waals surface area contributed by atoms with Gasteiger partial charge in [-0.15, -0.1) is 0 Å². The lowest BCUT2D eigenvalue weighted by Crippen LogP contribution is -2.41. The van der Waals surface area contributed by atoms with Crippen LogP contribution in [0.3, 0.4) is 0 Å². The van der Waals surface area contributed by atoms with Gasteiger partial charge >= 0.3 is 0 Å². The average molecular weight is 171 g/mol. The van der Waals surface area contributed by atoms with E-state index in [1.807, 2.05) is 0 Å². The van der Waals surface area contributed by atoms with Crippen molar-refractivity contribution in [1.82, 2.24) is 4.90 Å². The minimum absolute atomic E-state index is 0.683. The molecular formula is C11H25N. The van der Waals surface area contributed by atoms with Crippen molar-refractivity contribution < 1.29 is 0 Å². The molecular weight excluding hydrogens is 146 g/mol. The first kappa shape index (κ1) is 12.0. The third kappa shape index (κ3) is 3.57. The molecule has 0 bridgehead atoms. The van der Waals surface area contributed by atoms with Gasteiger partial charge in [0.2, 0.25) is 0 Å². The van der Waals surface area contributed by atoms with Crippen LogP contribution in [0.25, 0.3) is 0 Å². The van der Waals surface area contributed by atoms with Crippen LogP contribution in [0.5, 0.6) is 0 Å². The summed E-state index contributed by atoms with van der Waals surface area (Å²) in [6, 6.07) is 1.40. The summed E-state index contributed by atoms with van der Waals surface area (Å²) in [7, 11) is 0. The Balaban J connectivity index is 4.09. The van der Waals surface area contributed by atoms with Crippen LogP contribution in [0, 0.1) is 5.92 Å². The molecule has 0 fully saturated rings. The highest BCUT2D eigenvalue weighted by atomic mass is 15.2. The van der Waals surface area contributed by atoms with Gasteiger partial charge < -0.3 is 0 Å². The first-order valence-electron chi connectivity index (χ1n) is 5.26. The summed E-state index contributed by atoms with van der Waals surface area (Å²) in [5, 5.41) is 0. The zero-order valence-electron chi connectivity index (χ0n) is 9.59. The van der Waals surface area contributed by atoms with Crippen LogP contribution in [-0.4, -0.2) is 23.5 Å².